The molecule has 4 heterocycles. The molecule has 34 heavy (non-hydrogen) atoms. The van der Waals surface area contributed by atoms with Gasteiger partial charge in [-0.2, -0.15) is 0 Å². The third-order valence-electron chi connectivity index (χ3n) is 6.59. The van der Waals surface area contributed by atoms with Gasteiger partial charge in [0.25, 0.3) is 11.5 Å². The number of fused-ring (bicyclic) bond motifs is 1. The average molecular weight is 481 g/mol. The highest BCUT2D eigenvalue weighted by atomic mass is 32.2. The largest absolute Gasteiger partial charge is 0.356 e. The molecule has 176 valence electrons. The van der Waals surface area contributed by atoms with Gasteiger partial charge >= 0.3 is 5.69 Å². The Bertz CT molecular complexity index is 1430. The minimum absolute atomic E-state index is 0.0414. The predicted octanol–water partition coefficient (Wildman–Crippen LogP) is 2.23. The summed E-state index contributed by atoms with van der Waals surface area (Å²) in [6.45, 7) is 1.48. The van der Waals surface area contributed by atoms with Crippen LogP contribution >= 0.6 is 11.8 Å². The molecule has 0 spiro atoms. The molecular weight excluding hydrogens is 456 g/mol. The van der Waals surface area contributed by atoms with Crippen molar-refractivity contribution in [3.63, 3.8) is 0 Å². The molecule has 0 atom stereocenters. The summed E-state index contributed by atoms with van der Waals surface area (Å²) in [4.78, 5) is 67.1. The van der Waals surface area contributed by atoms with E-state index in [2.05, 4.69) is 19.9 Å². The van der Waals surface area contributed by atoms with Gasteiger partial charge in [-0.25, -0.2) is 14.8 Å². The van der Waals surface area contributed by atoms with Crippen molar-refractivity contribution in [3.05, 3.63) is 50.2 Å². The van der Waals surface area contributed by atoms with Crippen molar-refractivity contribution < 1.29 is 9.59 Å². The first-order valence-corrected chi connectivity index (χ1v) is 12.7. The third kappa shape index (κ3) is 3.87. The molecule has 0 aromatic carbocycles. The summed E-state index contributed by atoms with van der Waals surface area (Å²) in [7, 11) is 0. The Hall–Kier alpha value is -3.21. The second-order valence-corrected chi connectivity index (χ2v) is 10.2. The average Bonchev–Trinajstić information content (AvgIpc) is 3.74. The first kappa shape index (κ1) is 21.3. The number of carbonyl (C=O) groups is 2. The summed E-state index contributed by atoms with van der Waals surface area (Å²) >= 11 is 1.17. The molecule has 11 heteroatoms. The van der Waals surface area contributed by atoms with Crippen molar-refractivity contribution in [1.82, 2.24) is 29.4 Å². The van der Waals surface area contributed by atoms with Gasteiger partial charge in [0.1, 0.15) is 21.9 Å². The zero-order valence-electron chi connectivity index (χ0n) is 18.5. The smallest absolute Gasteiger partial charge is 0.330 e. The van der Waals surface area contributed by atoms with Crippen LogP contribution in [-0.2, 0) is 0 Å². The van der Waals surface area contributed by atoms with Gasteiger partial charge in [-0.3, -0.25) is 23.9 Å². The van der Waals surface area contributed by atoms with Crippen molar-refractivity contribution in [2.75, 3.05) is 18.8 Å². The number of likely N-dealkylation sites (tertiary alicyclic amines) is 1. The fourth-order valence-corrected chi connectivity index (χ4v) is 5.34. The van der Waals surface area contributed by atoms with E-state index in [9.17, 15) is 19.2 Å². The maximum Gasteiger partial charge on any atom is 0.330 e. The number of rotatable bonds is 7. The molecule has 0 bridgehead atoms. The lowest BCUT2D eigenvalue weighted by Gasteiger charge is -2.13. The number of carbonyl (C=O) groups excluding carboxylic acids is 2. The van der Waals surface area contributed by atoms with Crippen LogP contribution in [0.4, 0.5) is 0 Å². The molecule has 3 aromatic heterocycles. The van der Waals surface area contributed by atoms with Crippen LogP contribution in [-0.4, -0.2) is 59.9 Å². The Morgan fingerprint density at radius 2 is 1.85 bits per heavy atom. The van der Waals surface area contributed by atoms with Crippen LogP contribution < -0.4 is 11.2 Å². The van der Waals surface area contributed by atoms with E-state index >= 15 is 0 Å². The monoisotopic (exact) mass is 480 g/mol. The Balaban J connectivity index is 1.29. The van der Waals surface area contributed by atoms with Crippen LogP contribution in [0.15, 0.2) is 26.9 Å². The summed E-state index contributed by atoms with van der Waals surface area (Å²) < 4.78 is 1.57. The number of amides is 1. The maximum atomic E-state index is 12.9. The minimum Gasteiger partial charge on any atom is -0.356 e. The minimum atomic E-state index is -0.533. The van der Waals surface area contributed by atoms with Gasteiger partial charge in [0, 0.05) is 36.8 Å². The molecule has 2 aliphatic carbocycles. The number of thioether (sulfide) groups is 1. The number of ketones is 1. The van der Waals surface area contributed by atoms with Gasteiger partial charge in [0.2, 0.25) is 0 Å². The normalized spacial score (nSPS) is 18.1. The van der Waals surface area contributed by atoms with Crippen LogP contribution in [0.1, 0.15) is 77.2 Å². The fraction of sp³-hybridized carbons (Fsp3) is 0.478. The summed E-state index contributed by atoms with van der Waals surface area (Å²) in [5.74, 6) is 0.637. The Kier molecular flexibility index (Phi) is 5.16. The van der Waals surface area contributed by atoms with Crippen LogP contribution in [0.5, 0.6) is 0 Å². The highest BCUT2D eigenvalue weighted by Gasteiger charge is 2.32. The van der Waals surface area contributed by atoms with E-state index in [1.807, 2.05) is 0 Å². The van der Waals surface area contributed by atoms with Crippen molar-refractivity contribution in [2.45, 2.75) is 55.5 Å². The number of H-pyrrole nitrogens is 2. The lowest BCUT2D eigenvalue weighted by molar-refractivity contribution is 0.0787. The molecule has 1 amide bonds. The molecule has 0 radical (unpaired) electrons. The van der Waals surface area contributed by atoms with Gasteiger partial charge in [0.05, 0.1) is 5.75 Å². The molecule has 3 aliphatic rings. The number of hydrogen-bond acceptors (Lipinski definition) is 7. The van der Waals surface area contributed by atoms with E-state index < -0.39 is 11.2 Å². The number of nitrogens with one attached hydrogen (secondary N) is 2. The van der Waals surface area contributed by atoms with E-state index in [-0.39, 0.29) is 34.8 Å². The standard InChI is InChI=1S/C23H24N6O4S/c30-16(13-9-15(24-10-13)22(32)28-7-1-2-8-28)11-34-21-17-19(25-18(26-21)12-3-4-12)29(14-5-6-14)23(33)27-20(17)31/h9-10,12,14,24H,1-8,11H2,(H,27,31,33). The molecule has 2 N–H and O–H groups in total. The highest BCUT2D eigenvalue weighted by Crippen LogP contribution is 2.41. The zero-order chi connectivity index (χ0) is 23.4. The summed E-state index contributed by atoms with van der Waals surface area (Å²) in [6.07, 6.45) is 7.24. The zero-order valence-corrected chi connectivity index (χ0v) is 19.3. The van der Waals surface area contributed by atoms with Crippen molar-refractivity contribution in [2.24, 2.45) is 0 Å². The van der Waals surface area contributed by atoms with Crippen molar-refractivity contribution in [1.29, 1.82) is 0 Å². The molecule has 10 nitrogen and oxygen atoms in total. The van der Waals surface area contributed by atoms with Crippen LogP contribution in [0.25, 0.3) is 11.0 Å². The van der Waals surface area contributed by atoms with Crippen molar-refractivity contribution in [3.8, 4) is 0 Å². The lowest BCUT2D eigenvalue weighted by atomic mass is 10.2. The van der Waals surface area contributed by atoms with Gasteiger partial charge in [-0.05, 0) is 44.6 Å². The van der Waals surface area contributed by atoms with Gasteiger partial charge in [0.15, 0.2) is 11.4 Å². The highest BCUT2D eigenvalue weighted by molar-refractivity contribution is 8.00. The first-order chi connectivity index (χ1) is 16.5. The Morgan fingerprint density at radius 3 is 2.56 bits per heavy atom. The van der Waals surface area contributed by atoms with E-state index in [0.29, 0.717) is 27.8 Å². The maximum absolute atomic E-state index is 12.9. The van der Waals surface area contributed by atoms with E-state index in [1.165, 1.54) is 11.8 Å². The van der Waals surface area contributed by atoms with Crippen LogP contribution in [0.2, 0.25) is 0 Å². The Morgan fingerprint density at radius 1 is 1.09 bits per heavy atom. The number of Topliss-reactive ketones (excluding diaryl/α,β-unsaturated/α-hetero) is 1. The molecule has 6 rings (SSSR count). The molecular formula is C23H24N6O4S. The number of hydrogen-bond donors (Lipinski definition) is 2. The second kappa shape index (κ2) is 8.23. The Labute approximate surface area is 198 Å². The number of nitrogens with zero attached hydrogens (tertiary/aromatic N) is 4. The third-order valence-corrected chi connectivity index (χ3v) is 7.57. The molecule has 1 saturated heterocycles. The van der Waals surface area contributed by atoms with Crippen molar-refractivity contribution >= 4 is 34.5 Å². The summed E-state index contributed by atoms with van der Waals surface area (Å²) in [5, 5.41) is 0.674. The molecule has 1 aliphatic heterocycles. The summed E-state index contributed by atoms with van der Waals surface area (Å²) in [6, 6.07) is 1.63. The second-order valence-electron chi connectivity index (χ2n) is 9.23. The molecule has 0 unspecified atom stereocenters. The van der Waals surface area contributed by atoms with Gasteiger partial charge in [-0.1, -0.05) is 11.8 Å². The number of aromatic amines is 2. The topological polar surface area (TPSA) is 134 Å². The van der Waals surface area contributed by atoms with Crippen LogP contribution in [0, 0.1) is 0 Å². The van der Waals surface area contributed by atoms with E-state index in [4.69, 9.17) is 0 Å². The number of aromatic nitrogens is 5. The SMILES string of the molecule is O=C(CSc1nc(C2CC2)nc2c1c(=O)[nH]c(=O)n2C1CC1)c1c[nH]c(C(=O)N2CCCC2)c1. The van der Waals surface area contributed by atoms with E-state index in [0.717, 1.165) is 51.6 Å². The summed E-state index contributed by atoms with van der Waals surface area (Å²) in [5.41, 5.74) is 0.204. The quantitative estimate of drug-likeness (QED) is 0.301. The van der Waals surface area contributed by atoms with E-state index in [1.54, 1.807) is 21.7 Å². The van der Waals surface area contributed by atoms with Gasteiger partial charge in [-0.15, -0.1) is 0 Å². The lowest BCUT2D eigenvalue weighted by Crippen LogP contribution is -2.31. The first-order valence-electron chi connectivity index (χ1n) is 11.7. The molecule has 3 aromatic rings. The predicted molar refractivity (Wildman–Crippen MR) is 126 cm³/mol. The molecule has 2 saturated carbocycles. The fourth-order valence-electron chi connectivity index (χ4n) is 4.42. The van der Waals surface area contributed by atoms with Gasteiger partial charge < -0.3 is 9.88 Å². The van der Waals surface area contributed by atoms with Crippen LogP contribution in [0.3, 0.4) is 0 Å². The molecule has 3 fully saturated rings.